The second-order valence-electron chi connectivity index (χ2n) is 4.31. The number of carbonyl (C=O) groups is 1. The third kappa shape index (κ3) is 2.01. The van der Waals surface area contributed by atoms with Crippen LogP contribution in [0.25, 0.3) is 0 Å². The predicted octanol–water partition coefficient (Wildman–Crippen LogP) is 1.92. The quantitative estimate of drug-likeness (QED) is 0.528. The lowest BCUT2D eigenvalue weighted by Crippen LogP contribution is -2.19. The standard InChI is InChI=1S/C13H10N2O4S/c1-18-12(17)6-2-3-9-7(4-6)5-8-10(16)14-13(20)15-11(8)19-9/h2-4H,5H2,1H3,(H2,14,15,16,20). The molecule has 102 valence electrons. The van der Waals surface area contributed by atoms with Crippen molar-refractivity contribution in [2.45, 2.75) is 6.42 Å². The summed E-state index contributed by atoms with van der Waals surface area (Å²) in [5.74, 6) is 0.499. The Morgan fingerprint density at radius 1 is 1.40 bits per heavy atom. The Hall–Kier alpha value is -2.41. The summed E-state index contributed by atoms with van der Waals surface area (Å²) in [6.45, 7) is 0. The Labute approximate surface area is 118 Å². The van der Waals surface area contributed by atoms with E-state index in [0.717, 1.165) is 5.56 Å². The number of rotatable bonds is 1. The number of benzene rings is 1. The van der Waals surface area contributed by atoms with Crippen molar-refractivity contribution in [3.05, 3.63) is 50.0 Å². The first-order chi connectivity index (χ1) is 9.58. The van der Waals surface area contributed by atoms with E-state index in [4.69, 9.17) is 17.0 Å². The molecule has 1 aliphatic heterocycles. The molecule has 1 aromatic heterocycles. The minimum absolute atomic E-state index is 0.211. The Kier molecular flexibility index (Phi) is 2.90. The van der Waals surface area contributed by atoms with Gasteiger partial charge in [-0.2, -0.15) is 0 Å². The van der Waals surface area contributed by atoms with Crippen LogP contribution in [0.15, 0.2) is 23.0 Å². The summed E-state index contributed by atoms with van der Waals surface area (Å²) < 4.78 is 10.5. The van der Waals surface area contributed by atoms with E-state index < -0.39 is 5.97 Å². The summed E-state index contributed by atoms with van der Waals surface area (Å²) in [5.41, 5.74) is 1.32. The van der Waals surface area contributed by atoms with Crippen LogP contribution in [0, 0.1) is 4.77 Å². The van der Waals surface area contributed by atoms with Crippen LogP contribution in [0.2, 0.25) is 0 Å². The zero-order chi connectivity index (χ0) is 14.3. The third-order valence-electron chi connectivity index (χ3n) is 3.06. The number of aromatic amines is 2. The summed E-state index contributed by atoms with van der Waals surface area (Å²) in [7, 11) is 1.32. The predicted molar refractivity (Wildman–Crippen MR) is 72.9 cm³/mol. The first kappa shape index (κ1) is 12.6. The normalized spacial score (nSPS) is 12.1. The van der Waals surface area contributed by atoms with Gasteiger partial charge in [0, 0.05) is 12.0 Å². The molecule has 20 heavy (non-hydrogen) atoms. The number of methoxy groups -OCH3 is 1. The molecular formula is C13H10N2O4S. The Balaban J connectivity index is 2.09. The van der Waals surface area contributed by atoms with E-state index in [-0.39, 0.29) is 10.3 Å². The molecular weight excluding hydrogens is 280 g/mol. The van der Waals surface area contributed by atoms with Gasteiger partial charge in [-0.3, -0.25) is 9.78 Å². The largest absolute Gasteiger partial charge is 0.465 e. The molecule has 3 rings (SSSR count). The van der Waals surface area contributed by atoms with Crippen LogP contribution >= 0.6 is 12.2 Å². The third-order valence-corrected chi connectivity index (χ3v) is 3.27. The molecule has 0 amide bonds. The fourth-order valence-corrected chi connectivity index (χ4v) is 2.29. The molecule has 0 atom stereocenters. The van der Waals surface area contributed by atoms with Crippen molar-refractivity contribution in [2.24, 2.45) is 0 Å². The van der Waals surface area contributed by atoms with E-state index in [1.54, 1.807) is 18.2 Å². The van der Waals surface area contributed by atoms with Gasteiger partial charge in [0.15, 0.2) is 4.77 Å². The molecule has 0 fully saturated rings. The smallest absolute Gasteiger partial charge is 0.337 e. The van der Waals surface area contributed by atoms with Crippen LogP contribution in [-0.4, -0.2) is 23.0 Å². The molecule has 0 aliphatic carbocycles. The molecule has 2 N–H and O–H groups in total. The lowest BCUT2D eigenvalue weighted by Gasteiger charge is -2.19. The highest BCUT2D eigenvalue weighted by Crippen LogP contribution is 2.33. The van der Waals surface area contributed by atoms with Crippen LogP contribution in [0.5, 0.6) is 11.6 Å². The van der Waals surface area contributed by atoms with E-state index in [2.05, 4.69) is 14.7 Å². The maximum Gasteiger partial charge on any atom is 0.337 e. The van der Waals surface area contributed by atoms with Gasteiger partial charge in [-0.05, 0) is 30.4 Å². The molecule has 0 spiro atoms. The van der Waals surface area contributed by atoms with Crippen molar-refractivity contribution >= 4 is 18.2 Å². The van der Waals surface area contributed by atoms with E-state index in [1.165, 1.54) is 7.11 Å². The van der Waals surface area contributed by atoms with Crippen LogP contribution in [0.1, 0.15) is 21.5 Å². The monoisotopic (exact) mass is 290 g/mol. The molecule has 2 aromatic rings. The van der Waals surface area contributed by atoms with Crippen molar-refractivity contribution in [1.82, 2.24) is 9.97 Å². The summed E-state index contributed by atoms with van der Waals surface area (Å²) in [6.07, 6.45) is 0.358. The highest BCUT2D eigenvalue weighted by atomic mass is 32.1. The SMILES string of the molecule is COC(=O)c1ccc2c(c1)Cc1c([nH]c(=S)[nH]c1=O)O2. The van der Waals surface area contributed by atoms with Crippen molar-refractivity contribution in [1.29, 1.82) is 0 Å². The molecule has 0 saturated heterocycles. The van der Waals surface area contributed by atoms with Crippen LogP contribution < -0.4 is 10.3 Å². The first-order valence-corrected chi connectivity index (χ1v) is 6.24. The van der Waals surface area contributed by atoms with E-state index in [9.17, 15) is 9.59 Å². The van der Waals surface area contributed by atoms with Gasteiger partial charge in [-0.25, -0.2) is 4.79 Å². The number of fused-ring (bicyclic) bond motifs is 2. The van der Waals surface area contributed by atoms with Crippen molar-refractivity contribution in [2.75, 3.05) is 7.11 Å². The minimum Gasteiger partial charge on any atom is -0.465 e. The lowest BCUT2D eigenvalue weighted by molar-refractivity contribution is 0.0600. The molecule has 7 heteroatoms. The molecule has 0 bridgehead atoms. The van der Waals surface area contributed by atoms with Gasteiger partial charge in [-0.1, -0.05) is 0 Å². The summed E-state index contributed by atoms with van der Waals surface area (Å²) in [6, 6.07) is 4.94. The lowest BCUT2D eigenvalue weighted by atomic mass is 10.0. The van der Waals surface area contributed by atoms with Crippen LogP contribution in [0.3, 0.4) is 0 Å². The topological polar surface area (TPSA) is 84.2 Å². The average Bonchev–Trinajstić information content (AvgIpc) is 2.44. The minimum atomic E-state index is -0.431. The second-order valence-corrected chi connectivity index (χ2v) is 4.72. The fourth-order valence-electron chi connectivity index (χ4n) is 2.10. The van der Waals surface area contributed by atoms with Gasteiger partial charge >= 0.3 is 5.97 Å². The molecule has 1 aliphatic rings. The number of ether oxygens (including phenoxy) is 2. The van der Waals surface area contributed by atoms with Gasteiger partial charge in [0.2, 0.25) is 5.88 Å². The van der Waals surface area contributed by atoms with Gasteiger partial charge in [0.1, 0.15) is 5.75 Å². The number of hydrogen-bond donors (Lipinski definition) is 2. The van der Waals surface area contributed by atoms with Crippen molar-refractivity contribution < 1.29 is 14.3 Å². The number of hydrogen-bond acceptors (Lipinski definition) is 5. The van der Waals surface area contributed by atoms with Gasteiger partial charge in [0.25, 0.3) is 5.56 Å². The zero-order valence-electron chi connectivity index (χ0n) is 10.5. The van der Waals surface area contributed by atoms with Crippen LogP contribution in [-0.2, 0) is 11.2 Å². The molecule has 2 heterocycles. The Morgan fingerprint density at radius 3 is 2.95 bits per heavy atom. The molecule has 6 nitrogen and oxygen atoms in total. The number of nitrogens with one attached hydrogen (secondary N) is 2. The van der Waals surface area contributed by atoms with E-state index >= 15 is 0 Å². The highest BCUT2D eigenvalue weighted by Gasteiger charge is 2.21. The Morgan fingerprint density at radius 2 is 2.20 bits per heavy atom. The maximum atomic E-state index is 11.9. The average molecular weight is 290 g/mol. The fraction of sp³-hybridized carbons (Fsp3) is 0.154. The Bertz CT molecular complexity index is 822. The summed E-state index contributed by atoms with van der Waals surface area (Å²) >= 11 is 4.90. The van der Waals surface area contributed by atoms with Crippen LogP contribution in [0.4, 0.5) is 0 Å². The summed E-state index contributed by atoms with van der Waals surface area (Å²) in [5, 5.41) is 0. The summed E-state index contributed by atoms with van der Waals surface area (Å²) in [4.78, 5) is 28.7. The molecule has 0 radical (unpaired) electrons. The van der Waals surface area contributed by atoms with Crippen molar-refractivity contribution in [3.8, 4) is 11.6 Å². The van der Waals surface area contributed by atoms with E-state index in [0.29, 0.717) is 29.2 Å². The molecule has 1 aromatic carbocycles. The molecule has 0 unspecified atom stereocenters. The zero-order valence-corrected chi connectivity index (χ0v) is 11.3. The maximum absolute atomic E-state index is 11.9. The number of carbonyl (C=O) groups excluding carboxylic acids is 1. The van der Waals surface area contributed by atoms with E-state index in [1.807, 2.05) is 0 Å². The second kappa shape index (κ2) is 4.61. The number of H-pyrrole nitrogens is 2. The molecule has 0 saturated carbocycles. The van der Waals surface area contributed by atoms with Crippen molar-refractivity contribution in [3.63, 3.8) is 0 Å². The van der Waals surface area contributed by atoms with Gasteiger partial charge in [0.05, 0.1) is 18.2 Å². The van der Waals surface area contributed by atoms with Gasteiger partial charge in [-0.15, -0.1) is 0 Å². The highest BCUT2D eigenvalue weighted by molar-refractivity contribution is 7.71. The van der Waals surface area contributed by atoms with Gasteiger partial charge < -0.3 is 14.5 Å². The number of esters is 1. The first-order valence-electron chi connectivity index (χ1n) is 5.83. The number of aromatic nitrogens is 2.